The zero-order valence-corrected chi connectivity index (χ0v) is 24.5. The van der Waals surface area contributed by atoms with Gasteiger partial charge in [0.05, 0.1) is 23.5 Å². The van der Waals surface area contributed by atoms with E-state index in [1.165, 1.54) is 55.7 Å². The molecule has 0 bridgehead atoms. The monoisotopic (exact) mass is 629 g/mol. The van der Waals surface area contributed by atoms with E-state index in [2.05, 4.69) is 10.6 Å². The number of halogens is 2. The number of nitrogens with zero attached hydrogens (tertiary/aromatic N) is 1. The average Bonchev–Trinajstić information content (AvgIpc) is 3.03. The maximum absolute atomic E-state index is 13.8. The summed E-state index contributed by atoms with van der Waals surface area (Å²) in [6.45, 7) is -0.180. The van der Waals surface area contributed by atoms with Gasteiger partial charge < -0.3 is 19.5 Å². The van der Waals surface area contributed by atoms with Crippen molar-refractivity contribution in [2.24, 2.45) is 0 Å². The number of amides is 5. The Balaban J connectivity index is 1.31. The van der Waals surface area contributed by atoms with Crippen molar-refractivity contribution in [3.05, 3.63) is 119 Å². The first-order valence-electron chi connectivity index (χ1n) is 13.5. The van der Waals surface area contributed by atoms with Crippen molar-refractivity contribution in [2.75, 3.05) is 23.9 Å². The van der Waals surface area contributed by atoms with Crippen molar-refractivity contribution in [3.8, 4) is 17.2 Å². The summed E-state index contributed by atoms with van der Waals surface area (Å²) in [5.41, 5.74) is 1.12. The predicted molar refractivity (Wildman–Crippen MR) is 165 cm³/mol. The Bertz CT molecular complexity index is 1800. The highest BCUT2D eigenvalue weighted by molar-refractivity contribution is 6.39. The highest BCUT2D eigenvalue weighted by Crippen LogP contribution is 2.37. The molecule has 5 rings (SSSR count). The molecule has 0 radical (unpaired) electrons. The van der Waals surface area contributed by atoms with Gasteiger partial charge in [-0.25, -0.2) is 14.1 Å². The zero-order chi connectivity index (χ0) is 31.9. The third-order valence-corrected chi connectivity index (χ3v) is 6.78. The van der Waals surface area contributed by atoms with Gasteiger partial charge in [0, 0.05) is 0 Å². The van der Waals surface area contributed by atoms with Gasteiger partial charge in [-0.1, -0.05) is 54.1 Å². The topological polar surface area (TPSA) is 123 Å². The Labute approximate surface area is 262 Å². The van der Waals surface area contributed by atoms with Crippen molar-refractivity contribution < 1.29 is 37.8 Å². The first-order chi connectivity index (χ1) is 21.7. The Hall–Kier alpha value is -5.68. The molecule has 4 aromatic rings. The van der Waals surface area contributed by atoms with E-state index in [0.29, 0.717) is 12.4 Å². The summed E-state index contributed by atoms with van der Waals surface area (Å²) in [5, 5.41) is 4.57. The molecule has 0 spiro atoms. The van der Waals surface area contributed by atoms with Crippen LogP contribution in [0, 0.1) is 5.82 Å². The maximum Gasteiger partial charge on any atom is 0.335 e. The highest BCUT2D eigenvalue weighted by atomic mass is 35.5. The summed E-state index contributed by atoms with van der Waals surface area (Å²) >= 11 is 6.41. The van der Waals surface area contributed by atoms with E-state index in [4.69, 9.17) is 25.8 Å². The first kappa shape index (κ1) is 30.8. The molecule has 1 heterocycles. The van der Waals surface area contributed by atoms with Crippen LogP contribution in [0.3, 0.4) is 0 Å². The second-order valence-electron chi connectivity index (χ2n) is 9.58. The number of imide groups is 2. The van der Waals surface area contributed by atoms with Gasteiger partial charge in [0.1, 0.15) is 23.7 Å². The van der Waals surface area contributed by atoms with E-state index in [-0.39, 0.29) is 39.0 Å². The van der Waals surface area contributed by atoms with Crippen LogP contribution in [-0.2, 0) is 21.0 Å². The van der Waals surface area contributed by atoms with Crippen LogP contribution < -0.4 is 29.7 Å². The van der Waals surface area contributed by atoms with Crippen LogP contribution in [0.2, 0.25) is 5.02 Å². The van der Waals surface area contributed by atoms with Crippen molar-refractivity contribution in [1.29, 1.82) is 0 Å². The Morgan fingerprint density at radius 1 is 0.956 bits per heavy atom. The number of benzene rings is 4. The fourth-order valence-corrected chi connectivity index (χ4v) is 4.61. The number of rotatable bonds is 10. The third-order valence-electron chi connectivity index (χ3n) is 6.50. The van der Waals surface area contributed by atoms with E-state index in [1.54, 1.807) is 18.2 Å². The van der Waals surface area contributed by atoms with Crippen molar-refractivity contribution in [2.45, 2.75) is 6.61 Å². The number of urea groups is 1. The van der Waals surface area contributed by atoms with Crippen LogP contribution >= 0.6 is 11.6 Å². The fourth-order valence-electron chi connectivity index (χ4n) is 4.34. The molecule has 1 fully saturated rings. The average molecular weight is 630 g/mol. The van der Waals surface area contributed by atoms with Crippen molar-refractivity contribution in [1.82, 2.24) is 5.32 Å². The lowest BCUT2D eigenvalue weighted by Gasteiger charge is -2.26. The van der Waals surface area contributed by atoms with Crippen LogP contribution in [0.5, 0.6) is 17.2 Å². The van der Waals surface area contributed by atoms with Gasteiger partial charge in [0.25, 0.3) is 17.7 Å². The number of anilines is 2. The number of hydrogen-bond acceptors (Lipinski definition) is 7. The van der Waals surface area contributed by atoms with Gasteiger partial charge in [0.2, 0.25) is 0 Å². The molecule has 12 heteroatoms. The van der Waals surface area contributed by atoms with Crippen molar-refractivity contribution in [3.63, 3.8) is 0 Å². The fraction of sp³-hybridized carbons (Fsp3) is 0.0909. The Morgan fingerprint density at radius 2 is 1.67 bits per heavy atom. The summed E-state index contributed by atoms with van der Waals surface area (Å²) in [7, 11) is 1.33. The number of para-hydroxylation sites is 1. The summed E-state index contributed by atoms with van der Waals surface area (Å²) < 4.78 is 30.5. The van der Waals surface area contributed by atoms with Crippen LogP contribution in [-0.4, -0.2) is 37.5 Å². The number of carbonyl (C=O) groups excluding carboxylic acids is 4. The lowest BCUT2D eigenvalue weighted by atomic mass is 10.1. The maximum atomic E-state index is 13.8. The molecular weight excluding hydrogens is 605 g/mol. The van der Waals surface area contributed by atoms with E-state index in [0.717, 1.165) is 10.5 Å². The third kappa shape index (κ3) is 7.28. The molecule has 0 saturated carbocycles. The molecule has 45 heavy (non-hydrogen) atoms. The SMILES string of the molecule is COc1cc(/C=C2/C(=O)NC(=O)N(c3ccc(OCc4ccccc4)cc3)C2=O)cc(Cl)c1OCC(=O)Nc1ccccc1F. The van der Waals surface area contributed by atoms with Gasteiger partial charge in [-0.2, -0.15) is 0 Å². The smallest absolute Gasteiger partial charge is 0.335 e. The molecule has 4 aromatic carbocycles. The van der Waals surface area contributed by atoms with Gasteiger partial charge in [0.15, 0.2) is 18.1 Å². The molecule has 0 aliphatic carbocycles. The first-order valence-corrected chi connectivity index (χ1v) is 13.8. The molecule has 1 aliphatic heterocycles. The molecule has 1 aliphatic rings. The van der Waals surface area contributed by atoms with Gasteiger partial charge >= 0.3 is 6.03 Å². The van der Waals surface area contributed by atoms with Crippen LogP contribution in [0.4, 0.5) is 20.6 Å². The number of barbiturate groups is 1. The van der Waals surface area contributed by atoms with E-state index < -0.39 is 36.2 Å². The molecule has 228 valence electrons. The number of hydrogen-bond donors (Lipinski definition) is 2. The standard InChI is InChI=1S/C33H25ClFN3O7/c1-43-28-17-21(16-25(34)30(28)45-19-29(39)36-27-10-6-5-9-26(27)35)15-24-31(40)37-33(42)38(32(24)41)22-11-13-23(14-12-22)44-18-20-7-3-2-4-8-20/h2-17H,18-19H2,1H3,(H,36,39)(H,37,40,42)/b24-15-. The molecule has 5 amide bonds. The number of methoxy groups -OCH3 is 1. The normalized spacial score (nSPS) is 13.8. The molecule has 0 aromatic heterocycles. The van der Waals surface area contributed by atoms with Crippen molar-refractivity contribution >= 4 is 52.8 Å². The van der Waals surface area contributed by atoms with Crippen LogP contribution in [0.1, 0.15) is 11.1 Å². The Kier molecular flexibility index (Phi) is 9.40. The predicted octanol–water partition coefficient (Wildman–Crippen LogP) is 5.75. The van der Waals surface area contributed by atoms with Gasteiger partial charge in [-0.3, -0.25) is 19.7 Å². The summed E-state index contributed by atoms with van der Waals surface area (Å²) in [6, 6.07) is 23.4. The summed E-state index contributed by atoms with van der Waals surface area (Å²) in [6.07, 6.45) is 1.25. The molecule has 0 unspecified atom stereocenters. The van der Waals surface area contributed by atoms with Crippen LogP contribution in [0.15, 0.2) is 96.6 Å². The molecule has 10 nitrogen and oxygen atoms in total. The minimum Gasteiger partial charge on any atom is -0.493 e. The largest absolute Gasteiger partial charge is 0.493 e. The van der Waals surface area contributed by atoms with Gasteiger partial charge in [-0.15, -0.1) is 0 Å². The van der Waals surface area contributed by atoms with Gasteiger partial charge in [-0.05, 0) is 65.7 Å². The summed E-state index contributed by atoms with van der Waals surface area (Å²) in [4.78, 5) is 51.9. The quantitative estimate of drug-likeness (QED) is 0.169. The molecule has 0 atom stereocenters. The molecular formula is C33H25ClFN3O7. The lowest BCUT2D eigenvalue weighted by Crippen LogP contribution is -2.54. The molecule has 2 N–H and O–H groups in total. The highest BCUT2D eigenvalue weighted by Gasteiger charge is 2.37. The second kappa shape index (κ2) is 13.7. The second-order valence-corrected chi connectivity index (χ2v) is 9.98. The molecule has 1 saturated heterocycles. The minimum atomic E-state index is -0.909. The minimum absolute atomic E-state index is 0.00239. The van der Waals surface area contributed by atoms with E-state index in [9.17, 15) is 23.6 Å². The van der Waals surface area contributed by atoms with Crippen LogP contribution in [0.25, 0.3) is 6.08 Å². The zero-order valence-electron chi connectivity index (χ0n) is 23.7. The summed E-state index contributed by atoms with van der Waals surface area (Å²) in [5.74, 6) is -2.38. The number of carbonyl (C=O) groups is 4. The number of ether oxygens (including phenoxy) is 3. The lowest BCUT2D eigenvalue weighted by molar-refractivity contribution is -0.122. The Morgan fingerprint density at radius 3 is 2.38 bits per heavy atom. The van der Waals surface area contributed by atoms with E-state index in [1.807, 2.05) is 30.3 Å². The number of nitrogens with one attached hydrogen (secondary N) is 2. The van der Waals surface area contributed by atoms with E-state index >= 15 is 0 Å².